The zero-order chi connectivity index (χ0) is 19.3. The van der Waals surface area contributed by atoms with Crippen molar-refractivity contribution in [2.45, 2.75) is 19.4 Å². The maximum absolute atomic E-state index is 12.6. The summed E-state index contributed by atoms with van der Waals surface area (Å²) in [5, 5.41) is 7.68. The van der Waals surface area contributed by atoms with Crippen molar-refractivity contribution < 1.29 is 9.32 Å². The van der Waals surface area contributed by atoms with Gasteiger partial charge in [-0.25, -0.2) is 0 Å². The first-order chi connectivity index (χ1) is 13.7. The number of nitrogens with zero attached hydrogens (tertiary/aromatic N) is 3. The lowest BCUT2D eigenvalue weighted by atomic mass is 9.97. The molecule has 2 aromatic carbocycles. The molecular formula is C21H21ClN4O2. The van der Waals surface area contributed by atoms with E-state index in [9.17, 15) is 4.79 Å². The van der Waals surface area contributed by atoms with Crippen LogP contribution in [-0.4, -0.2) is 34.0 Å². The summed E-state index contributed by atoms with van der Waals surface area (Å²) in [6.07, 6.45) is 1.84. The van der Waals surface area contributed by atoms with Gasteiger partial charge in [0.2, 0.25) is 17.6 Å². The summed E-state index contributed by atoms with van der Waals surface area (Å²) >= 11 is 6.03. The van der Waals surface area contributed by atoms with Gasteiger partial charge in [0, 0.05) is 22.8 Å². The summed E-state index contributed by atoms with van der Waals surface area (Å²) < 4.78 is 5.41. The number of anilines is 1. The van der Waals surface area contributed by atoms with Crippen LogP contribution in [0.2, 0.25) is 5.02 Å². The minimum absolute atomic E-state index is 0.0516. The molecule has 0 aliphatic carbocycles. The highest BCUT2D eigenvalue weighted by Crippen LogP contribution is 2.23. The summed E-state index contributed by atoms with van der Waals surface area (Å²) in [6, 6.07) is 16.9. The largest absolute Gasteiger partial charge is 0.338 e. The number of aromatic nitrogens is 2. The third-order valence-electron chi connectivity index (χ3n) is 4.83. The Hall–Kier alpha value is -2.70. The Labute approximate surface area is 168 Å². The highest BCUT2D eigenvalue weighted by Gasteiger charge is 2.27. The van der Waals surface area contributed by atoms with Gasteiger partial charge in [-0.15, -0.1) is 0 Å². The fourth-order valence-corrected chi connectivity index (χ4v) is 3.62. The van der Waals surface area contributed by atoms with Gasteiger partial charge in [-0.05, 0) is 43.7 Å². The summed E-state index contributed by atoms with van der Waals surface area (Å²) in [6.45, 7) is 2.11. The predicted octanol–water partition coefficient (Wildman–Crippen LogP) is 4.24. The molecule has 1 aromatic heterocycles. The number of carbonyl (C=O) groups excluding carboxylic acids is 1. The first-order valence-electron chi connectivity index (χ1n) is 9.34. The van der Waals surface area contributed by atoms with Crippen molar-refractivity contribution in [2.75, 3.05) is 18.4 Å². The average molecular weight is 397 g/mol. The number of amides is 1. The van der Waals surface area contributed by atoms with Crippen molar-refractivity contribution in [3.05, 3.63) is 65.5 Å². The van der Waals surface area contributed by atoms with Crippen LogP contribution in [0.1, 0.15) is 18.7 Å². The number of para-hydroxylation sites is 1. The van der Waals surface area contributed by atoms with Crippen LogP contribution in [0, 0.1) is 5.92 Å². The number of piperidine rings is 1. The van der Waals surface area contributed by atoms with Gasteiger partial charge in [0.05, 0.1) is 12.5 Å². The molecule has 1 fully saturated rings. The molecule has 1 aliphatic heterocycles. The van der Waals surface area contributed by atoms with Crippen molar-refractivity contribution in [3.8, 4) is 11.4 Å². The highest BCUT2D eigenvalue weighted by atomic mass is 35.5. The number of hydrogen-bond acceptors (Lipinski definition) is 5. The fraction of sp³-hybridized carbons (Fsp3) is 0.286. The van der Waals surface area contributed by atoms with Crippen LogP contribution in [0.4, 0.5) is 5.69 Å². The number of halogens is 1. The standard InChI is InChI=1S/C21H21ClN4O2/c22-17-8-4-6-15(12-17)20-24-19(28-25-20)14-26-11-5-7-16(13-26)21(27)23-18-9-2-1-3-10-18/h1-4,6,8-10,12,16H,5,7,11,13-14H2,(H,23,27). The summed E-state index contributed by atoms with van der Waals surface area (Å²) in [5.41, 5.74) is 1.65. The number of rotatable bonds is 5. The van der Waals surface area contributed by atoms with E-state index in [1.165, 1.54) is 0 Å². The van der Waals surface area contributed by atoms with E-state index in [0.717, 1.165) is 30.6 Å². The molecule has 1 atom stereocenters. The van der Waals surface area contributed by atoms with Crippen LogP contribution in [0.25, 0.3) is 11.4 Å². The molecule has 4 rings (SSSR count). The van der Waals surface area contributed by atoms with E-state index in [1.54, 1.807) is 12.1 Å². The normalized spacial score (nSPS) is 17.4. The number of hydrogen-bond donors (Lipinski definition) is 1. The van der Waals surface area contributed by atoms with Crippen LogP contribution >= 0.6 is 11.6 Å². The highest BCUT2D eigenvalue weighted by molar-refractivity contribution is 6.30. The molecule has 0 radical (unpaired) electrons. The van der Waals surface area contributed by atoms with E-state index in [-0.39, 0.29) is 11.8 Å². The van der Waals surface area contributed by atoms with Gasteiger partial charge >= 0.3 is 0 Å². The van der Waals surface area contributed by atoms with E-state index in [4.69, 9.17) is 16.1 Å². The second-order valence-corrected chi connectivity index (χ2v) is 7.39. The Morgan fingerprint density at radius 3 is 2.89 bits per heavy atom. The van der Waals surface area contributed by atoms with E-state index in [0.29, 0.717) is 29.8 Å². The maximum atomic E-state index is 12.6. The number of likely N-dealkylation sites (tertiary alicyclic amines) is 1. The zero-order valence-electron chi connectivity index (χ0n) is 15.3. The van der Waals surface area contributed by atoms with Crippen LogP contribution in [0.15, 0.2) is 59.1 Å². The van der Waals surface area contributed by atoms with Crippen LogP contribution in [-0.2, 0) is 11.3 Å². The monoisotopic (exact) mass is 396 g/mol. The summed E-state index contributed by atoms with van der Waals surface area (Å²) in [7, 11) is 0. The molecule has 1 saturated heterocycles. The Balaban J connectivity index is 1.37. The third-order valence-corrected chi connectivity index (χ3v) is 5.06. The lowest BCUT2D eigenvalue weighted by Gasteiger charge is -2.30. The van der Waals surface area contributed by atoms with E-state index < -0.39 is 0 Å². The van der Waals surface area contributed by atoms with Gasteiger partial charge in [-0.2, -0.15) is 4.98 Å². The molecular weight excluding hydrogens is 376 g/mol. The molecule has 6 nitrogen and oxygen atoms in total. The maximum Gasteiger partial charge on any atom is 0.241 e. The van der Waals surface area contributed by atoms with Gasteiger partial charge in [-0.1, -0.05) is 47.1 Å². The van der Waals surface area contributed by atoms with Crippen LogP contribution in [0.3, 0.4) is 0 Å². The molecule has 1 unspecified atom stereocenters. The van der Waals surface area contributed by atoms with E-state index in [2.05, 4.69) is 20.4 Å². The van der Waals surface area contributed by atoms with Gasteiger partial charge in [0.25, 0.3) is 0 Å². The average Bonchev–Trinajstić information content (AvgIpc) is 3.17. The molecule has 0 spiro atoms. The topological polar surface area (TPSA) is 71.3 Å². The Bertz CT molecular complexity index is 944. The lowest BCUT2D eigenvalue weighted by Crippen LogP contribution is -2.40. The number of carbonyl (C=O) groups is 1. The van der Waals surface area contributed by atoms with Gasteiger partial charge in [0.1, 0.15) is 0 Å². The molecule has 3 aromatic rings. The molecule has 1 N–H and O–H groups in total. The first kappa shape index (κ1) is 18.7. The quantitative estimate of drug-likeness (QED) is 0.698. The van der Waals surface area contributed by atoms with Crippen molar-refractivity contribution in [2.24, 2.45) is 5.92 Å². The Morgan fingerprint density at radius 2 is 2.07 bits per heavy atom. The van der Waals surface area contributed by atoms with E-state index >= 15 is 0 Å². The molecule has 0 saturated carbocycles. The Morgan fingerprint density at radius 1 is 1.21 bits per heavy atom. The second-order valence-electron chi connectivity index (χ2n) is 6.95. The second kappa shape index (κ2) is 8.54. The molecule has 28 heavy (non-hydrogen) atoms. The smallest absolute Gasteiger partial charge is 0.241 e. The molecule has 2 heterocycles. The SMILES string of the molecule is O=C(Nc1ccccc1)C1CCCN(Cc2nc(-c3cccc(Cl)c3)no2)C1. The zero-order valence-corrected chi connectivity index (χ0v) is 16.1. The minimum Gasteiger partial charge on any atom is -0.338 e. The van der Waals surface area contributed by atoms with E-state index in [1.807, 2.05) is 42.5 Å². The van der Waals surface area contributed by atoms with Crippen molar-refractivity contribution in [3.63, 3.8) is 0 Å². The summed E-state index contributed by atoms with van der Waals surface area (Å²) in [5.74, 6) is 1.07. The predicted molar refractivity (Wildman–Crippen MR) is 108 cm³/mol. The third kappa shape index (κ3) is 4.58. The molecule has 144 valence electrons. The van der Waals surface area contributed by atoms with Gasteiger partial charge in [0.15, 0.2) is 0 Å². The van der Waals surface area contributed by atoms with Crippen molar-refractivity contribution in [1.29, 1.82) is 0 Å². The minimum atomic E-state index is -0.0516. The van der Waals surface area contributed by atoms with Crippen molar-refractivity contribution >= 4 is 23.2 Å². The molecule has 1 amide bonds. The Kier molecular flexibility index (Phi) is 5.69. The lowest BCUT2D eigenvalue weighted by molar-refractivity contribution is -0.121. The van der Waals surface area contributed by atoms with Crippen molar-refractivity contribution in [1.82, 2.24) is 15.0 Å². The number of nitrogens with one attached hydrogen (secondary N) is 1. The molecule has 1 aliphatic rings. The van der Waals surface area contributed by atoms with Crippen LogP contribution in [0.5, 0.6) is 0 Å². The van der Waals surface area contributed by atoms with Gasteiger partial charge in [-0.3, -0.25) is 9.69 Å². The first-order valence-corrected chi connectivity index (χ1v) is 9.72. The number of benzene rings is 2. The fourth-order valence-electron chi connectivity index (χ4n) is 3.43. The molecule has 7 heteroatoms. The summed E-state index contributed by atoms with van der Waals surface area (Å²) in [4.78, 5) is 19.2. The molecule has 0 bridgehead atoms. The van der Waals surface area contributed by atoms with Crippen LogP contribution < -0.4 is 5.32 Å². The van der Waals surface area contributed by atoms with Gasteiger partial charge < -0.3 is 9.84 Å².